The Bertz CT molecular complexity index is 391. The van der Waals surface area contributed by atoms with Gasteiger partial charge in [-0.15, -0.1) is 0 Å². The van der Waals surface area contributed by atoms with Crippen LogP contribution in [0.5, 0.6) is 5.75 Å². The fourth-order valence-electron chi connectivity index (χ4n) is 1.41. The van der Waals surface area contributed by atoms with Gasteiger partial charge in [0, 0.05) is 6.42 Å². The van der Waals surface area contributed by atoms with E-state index in [-0.39, 0.29) is 17.4 Å². The molecule has 1 aromatic carbocycles. The van der Waals surface area contributed by atoms with Crippen molar-refractivity contribution in [1.29, 1.82) is 0 Å². The van der Waals surface area contributed by atoms with Gasteiger partial charge in [0.05, 0.1) is 5.02 Å². The summed E-state index contributed by atoms with van der Waals surface area (Å²) in [6.07, 6.45) is 0.947. The molecule has 1 N–H and O–H groups in total. The average molecular weight is 231 g/mol. The molecular weight excluding hydrogens is 219 g/mol. The Labute approximate surface area is 92.7 Å². The number of carbonyl (C=O) groups excluding carboxylic acids is 1. The molecule has 2 nitrogen and oxygen atoms in total. The molecule has 0 aliphatic rings. The van der Waals surface area contributed by atoms with E-state index in [2.05, 4.69) is 0 Å². The molecule has 4 heteroatoms. The highest BCUT2D eigenvalue weighted by Crippen LogP contribution is 2.35. The highest BCUT2D eigenvalue weighted by molar-refractivity contribution is 6.32. The Morgan fingerprint density at radius 1 is 1.67 bits per heavy atom. The zero-order valence-corrected chi connectivity index (χ0v) is 9.31. The summed E-state index contributed by atoms with van der Waals surface area (Å²) in [5.74, 6) is -1.53. The second-order valence-corrected chi connectivity index (χ2v) is 3.94. The molecule has 0 saturated carbocycles. The number of hydrogen-bond acceptors (Lipinski definition) is 2. The number of halogens is 2. The molecule has 1 aromatic rings. The van der Waals surface area contributed by atoms with Crippen molar-refractivity contribution in [3.05, 3.63) is 28.0 Å². The maximum Gasteiger partial charge on any atom is 0.170 e. The van der Waals surface area contributed by atoms with Crippen molar-refractivity contribution in [1.82, 2.24) is 0 Å². The summed E-state index contributed by atoms with van der Waals surface area (Å²) < 4.78 is 13.6. The van der Waals surface area contributed by atoms with Crippen LogP contribution in [0.1, 0.15) is 30.4 Å². The van der Waals surface area contributed by atoms with Gasteiger partial charge in [0.15, 0.2) is 11.6 Å². The smallest absolute Gasteiger partial charge is 0.170 e. The van der Waals surface area contributed by atoms with Gasteiger partial charge in [0.1, 0.15) is 6.29 Å². The number of carbonyl (C=O) groups is 1. The zero-order chi connectivity index (χ0) is 11.6. The molecule has 1 rings (SSSR count). The van der Waals surface area contributed by atoms with E-state index in [9.17, 15) is 14.3 Å². The van der Waals surface area contributed by atoms with Gasteiger partial charge in [-0.3, -0.25) is 0 Å². The average Bonchev–Trinajstić information content (AvgIpc) is 2.20. The highest BCUT2D eigenvalue weighted by Gasteiger charge is 2.18. The third-order valence-electron chi connectivity index (χ3n) is 2.37. The van der Waals surface area contributed by atoms with Crippen molar-refractivity contribution < 1.29 is 14.3 Å². The molecule has 0 heterocycles. The van der Waals surface area contributed by atoms with Crippen molar-refractivity contribution in [3.8, 4) is 5.75 Å². The van der Waals surface area contributed by atoms with Crippen LogP contribution in [0.4, 0.5) is 4.39 Å². The van der Waals surface area contributed by atoms with Crippen LogP contribution in [0.25, 0.3) is 0 Å². The molecule has 0 spiro atoms. The third kappa shape index (κ3) is 2.29. The first-order chi connectivity index (χ1) is 6.99. The minimum Gasteiger partial charge on any atom is -0.504 e. The summed E-state index contributed by atoms with van der Waals surface area (Å²) in [4.78, 5) is 10.3. The maximum atomic E-state index is 13.6. The van der Waals surface area contributed by atoms with E-state index >= 15 is 0 Å². The first kappa shape index (κ1) is 12.0. The van der Waals surface area contributed by atoms with E-state index in [0.29, 0.717) is 11.1 Å². The van der Waals surface area contributed by atoms with Crippen molar-refractivity contribution in [2.24, 2.45) is 0 Å². The van der Waals surface area contributed by atoms with Gasteiger partial charge in [-0.05, 0) is 24.0 Å². The normalized spacial score (nSPS) is 12.5. The first-order valence-corrected chi connectivity index (χ1v) is 4.98. The minimum absolute atomic E-state index is 0.0227. The molecule has 0 fully saturated rings. The molecule has 15 heavy (non-hydrogen) atoms. The third-order valence-corrected chi connectivity index (χ3v) is 2.85. The molecule has 0 saturated heterocycles. The summed E-state index contributed by atoms with van der Waals surface area (Å²) in [5.41, 5.74) is 0.921. The van der Waals surface area contributed by atoms with Gasteiger partial charge < -0.3 is 9.90 Å². The number of benzene rings is 1. The monoisotopic (exact) mass is 230 g/mol. The summed E-state index contributed by atoms with van der Waals surface area (Å²) in [6, 6.07) is 1.56. The standard InChI is InChI=1S/C11H12ClFO2/c1-6(3-4-14)8-5-7(2)9(12)11(15)10(8)13/h4-6,15H,3H2,1-2H3. The SMILES string of the molecule is Cc1cc(C(C)CC=O)c(F)c(O)c1Cl. The number of aryl methyl sites for hydroxylation is 1. The van der Waals surface area contributed by atoms with Gasteiger partial charge in [-0.2, -0.15) is 0 Å². The van der Waals surface area contributed by atoms with E-state index in [1.165, 1.54) is 0 Å². The number of hydrogen-bond donors (Lipinski definition) is 1. The van der Waals surface area contributed by atoms with Gasteiger partial charge in [0.25, 0.3) is 0 Å². The Kier molecular flexibility index (Phi) is 3.69. The van der Waals surface area contributed by atoms with Crippen LogP contribution in [-0.4, -0.2) is 11.4 Å². The Balaban J connectivity index is 3.25. The number of phenolic OH excluding ortho intramolecular Hbond substituents is 1. The number of aldehydes is 1. The van der Waals surface area contributed by atoms with Gasteiger partial charge >= 0.3 is 0 Å². The van der Waals surface area contributed by atoms with Crippen LogP contribution in [0.3, 0.4) is 0 Å². The molecule has 0 aliphatic heterocycles. The van der Waals surface area contributed by atoms with E-state index in [0.717, 1.165) is 6.29 Å². The van der Waals surface area contributed by atoms with E-state index in [4.69, 9.17) is 11.6 Å². The van der Waals surface area contributed by atoms with Gasteiger partial charge in [0.2, 0.25) is 0 Å². The lowest BCUT2D eigenvalue weighted by molar-refractivity contribution is -0.108. The molecule has 1 atom stereocenters. The summed E-state index contributed by atoms with van der Waals surface area (Å²) >= 11 is 5.68. The van der Waals surface area contributed by atoms with Crippen molar-refractivity contribution in [2.45, 2.75) is 26.2 Å². The largest absolute Gasteiger partial charge is 0.504 e. The molecule has 0 aromatic heterocycles. The summed E-state index contributed by atoms with van der Waals surface area (Å²) in [5, 5.41) is 9.41. The van der Waals surface area contributed by atoms with Crippen LogP contribution in [-0.2, 0) is 4.79 Å². The van der Waals surface area contributed by atoms with Crippen LogP contribution in [0, 0.1) is 12.7 Å². The fraction of sp³-hybridized carbons (Fsp3) is 0.364. The van der Waals surface area contributed by atoms with Crippen molar-refractivity contribution >= 4 is 17.9 Å². The van der Waals surface area contributed by atoms with E-state index < -0.39 is 11.6 Å². The van der Waals surface area contributed by atoms with E-state index in [1.54, 1.807) is 19.9 Å². The van der Waals surface area contributed by atoms with Crippen LogP contribution in [0.15, 0.2) is 6.07 Å². The minimum atomic E-state index is -0.736. The highest BCUT2D eigenvalue weighted by atomic mass is 35.5. The maximum absolute atomic E-state index is 13.6. The predicted molar refractivity (Wildman–Crippen MR) is 56.9 cm³/mol. The van der Waals surface area contributed by atoms with Gasteiger partial charge in [-0.1, -0.05) is 24.6 Å². The summed E-state index contributed by atoms with van der Waals surface area (Å²) in [7, 11) is 0. The van der Waals surface area contributed by atoms with Crippen LogP contribution >= 0.6 is 11.6 Å². The van der Waals surface area contributed by atoms with Gasteiger partial charge in [-0.25, -0.2) is 4.39 Å². The van der Waals surface area contributed by atoms with Crippen molar-refractivity contribution in [2.75, 3.05) is 0 Å². The number of phenols is 1. The quantitative estimate of drug-likeness (QED) is 0.810. The Morgan fingerprint density at radius 2 is 2.27 bits per heavy atom. The van der Waals surface area contributed by atoms with E-state index in [1.807, 2.05) is 0 Å². The van der Waals surface area contributed by atoms with Crippen LogP contribution in [0.2, 0.25) is 5.02 Å². The lowest BCUT2D eigenvalue weighted by atomic mass is 9.96. The topological polar surface area (TPSA) is 37.3 Å². The lowest BCUT2D eigenvalue weighted by Gasteiger charge is -2.13. The van der Waals surface area contributed by atoms with Crippen LogP contribution < -0.4 is 0 Å². The fourth-order valence-corrected chi connectivity index (χ4v) is 1.55. The predicted octanol–water partition coefficient (Wildman–Crippen LogP) is 3.19. The molecule has 0 radical (unpaired) electrons. The Hall–Kier alpha value is -1.09. The number of rotatable bonds is 3. The second-order valence-electron chi connectivity index (χ2n) is 3.56. The first-order valence-electron chi connectivity index (χ1n) is 4.60. The molecule has 0 aliphatic carbocycles. The molecule has 1 unspecified atom stereocenters. The molecule has 0 amide bonds. The summed E-state index contributed by atoms with van der Waals surface area (Å²) in [6.45, 7) is 3.40. The number of aromatic hydroxyl groups is 1. The zero-order valence-electron chi connectivity index (χ0n) is 8.55. The molecule has 0 bridgehead atoms. The second kappa shape index (κ2) is 4.62. The molecular formula is C11H12ClFO2. The van der Waals surface area contributed by atoms with Crippen molar-refractivity contribution in [3.63, 3.8) is 0 Å². The molecule has 82 valence electrons. The lowest BCUT2D eigenvalue weighted by Crippen LogP contribution is -2.00. The Morgan fingerprint density at radius 3 is 2.80 bits per heavy atom.